The third-order valence-electron chi connectivity index (χ3n) is 8.09. The Morgan fingerprint density at radius 1 is 0.653 bits per heavy atom. The molecule has 0 aliphatic carbocycles. The molecule has 9 nitrogen and oxygen atoms in total. The van der Waals surface area contributed by atoms with Crippen molar-refractivity contribution in [2.24, 2.45) is 0 Å². The molecule has 0 aliphatic rings. The van der Waals surface area contributed by atoms with E-state index < -0.39 is 33.2 Å². The van der Waals surface area contributed by atoms with Gasteiger partial charge in [0.1, 0.15) is 12.2 Å². The highest BCUT2D eigenvalue weighted by Gasteiger charge is 2.26. The molecule has 0 aromatic carbocycles. The number of carbonyl (C=O) groups is 1. The summed E-state index contributed by atoms with van der Waals surface area (Å²) < 4.78 is 33.2. The van der Waals surface area contributed by atoms with E-state index in [0.29, 0.717) is 6.61 Å². The number of ether oxygens (including phenoxy) is 2. The zero-order chi connectivity index (χ0) is 36.1. The number of esters is 1. The van der Waals surface area contributed by atoms with Crippen molar-refractivity contribution >= 4 is 13.8 Å². The van der Waals surface area contributed by atoms with Gasteiger partial charge >= 0.3 is 13.8 Å². The van der Waals surface area contributed by atoms with E-state index in [1.165, 1.54) is 77.0 Å². The van der Waals surface area contributed by atoms with E-state index in [2.05, 4.69) is 50.3 Å². The van der Waals surface area contributed by atoms with Crippen LogP contribution < -0.4 is 0 Å². The fourth-order valence-corrected chi connectivity index (χ4v) is 5.92. The monoisotopic (exact) mass is 716 g/mol. The van der Waals surface area contributed by atoms with Crippen molar-refractivity contribution in [1.82, 2.24) is 0 Å². The Kier molecular flexibility index (Phi) is 35.5. The Labute approximate surface area is 299 Å². The molecule has 0 rings (SSSR count). The normalized spacial score (nSPS) is 14.6. The molecule has 0 aromatic rings. The zero-order valence-electron chi connectivity index (χ0n) is 31.2. The number of unbranched alkanes of at least 4 members (excludes halogenated alkanes) is 17. The topological polar surface area (TPSA) is 132 Å². The van der Waals surface area contributed by atoms with E-state index in [9.17, 15) is 19.4 Å². The van der Waals surface area contributed by atoms with Crippen LogP contribution in [-0.4, -0.2) is 66.3 Å². The van der Waals surface area contributed by atoms with Crippen LogP contribution in [0.25, 0.3) is 0 Å². The maximum atomic E-state index is 12.5. The van der Waals surface area contributed by atoms with Crippen LogP contribution in [0.1, 0.15) is 162 Å². The third-order valence-corrected chi connectivity index (χ3v) is 9.04. The molecular weight excluding hydrogens is 643 g/mol. The second-order valence-corrected chi connectivity index (χ2v) is 14.4. The number of aliphatic hydroxyl groups is 2. The van der Waals surface area contributed by atoms with E-state index in [-0.39, 0.29) is 25.6 Å². The quantitative estimate of drug-likeness (QED) is 0.0249. The van der Waals surface area contributed by atoms with Gasteiger partial charge in [0.2, 0.25) is 0 Å². The predicted molar refractivity (Wildman–Crippen MR) is 200 cm³/mol. The largest absolute Gasteiger partial charge is 0.472 e. The number of carbonyl (C=O) groups excluding carboxylic acids is 1. The summed E-state index contributed by atoms with van der Waals surface area (Å²) in [7, 11) is -4.51. The Balaban J connectivity index is 4.17. The number of phosphoric ester groups is 1. The molecular formula is C39H73O9P. The second kappa shape index (κ2) is 36.5. The van der Waals surface area contributed by atoms with Crippen molar-refractivity contribution in [1.29, 1.82) is 0 Å². The highest BCUT2D eigenvalue weighted by Crippen LogP contribution is 2.43. The molecule has 10 heteroatoms. The number of rotatable bonds is 37. The maximum absolute atomic E-state index is 12.5. The van der Waals surface area contributed by atoms with Gasteiger partial charge in [0, 0.05) is 13.0 Å². The van der Waals surface area contributed by atoms with Crippen molar-refractivity contribution in [2.75, 3.05) is 33.0 Å². The maximum Gasteiger partial charge on any atom is 0.472 e. The number of hydrogen-bond donors (Lipinski definition) is 3. The van der Waals surface area contributed by atoms with Crippen LogP contribution in [0.3, 0.4) is 0 Å². The number of phosphoric acid groups is 1. The van der Waals surface area contributed by atoms with Gasteiger partial charge in [0.15, 0.2) is 0 Å². The summed E-state index contributed by atoms with van der Waals surface area (Å²) in [5, 5.41) is 18.3. The molecule has 0 amide bonds. The molecule has 3 unspecified atom stereocenters. The van der Waals surface area contributed by atoms with E-state index in [4.69, 9.17) is 23.6 Å². The fraction of sp³-hybridized carbons (Fsp3) is 0.821. The lowest BCUT2D eigenvalue weighted by molar-refractivity contribution is -0.154. The first-order valence-electron chi connectivity index (χ1n) is 19.5. The van der Waals surface area contributed by atoms with Crippen LogP contribution in [0.5, 0.6) is 0 Å². The first kappa shape index (κ1) is 47.7. The lowest BCUT2D eigenvalue weighted by Gasteiger charge is -2.20. The molecule has 0 aromatic heterocycles. The van der Waals surface area contributed by atoms with Gasteiger partial charge in [-0.1, -0.05) is 147 Å². The molecule has 0 spiro atoms. The summed E-state index contributed by atoms with van der Waals surface area (Å²) in [6.45, 7) is 3.37. The molecule has 0 saturated carbocycles. The van der Waals surface area contributed by atoms with Crippen molar-refractivity contribution in [2.45, 2.75) is 174 Å². The highest BCUT2D eigenvalue weighted by molar-refractivity contribution is 7.47. The Hall–Kier alpha value is -1.32. The van der Waals surface area contributed by atoms with Gasteiger partial charge in [-0.2, -0.15) is 0 Å². The number of allylic oxidation sites excluding steroid dienone is 6. The summed E-state index contributed by atoms with van der Waals surface area (Å²) in [4.78, 5) is 22.4. The molecule has 0 radical (unpaired) electrons. The lowest BCUT2D eigenvalue weighted by atomic mass is 10.1. The molecule has 49 heavy (non-hydrogen) atoms. The number of aliphatic hydroxyl groups excluding tert-OH is 2. The fourth-order valence-electron chi connectivity index (χ4n) is 5.13. The lowest BCUT2D eigenvalue weighted by Crippen LogP contribution is -2.29. The van der Waals surface area contributed by atoms with Crippen LogP contribution in [0.4, 0.5) is 0 Å². The van der Waals surface area contributed by atoms with Gasteiger partial charge in [-0.05, 0) is 44.9 Å². The predicted octanol–water partition coefficient (Wildman–Crippen LogP) is 10.1. The molecule has 3 atom stereocenters. The SMILES string of the molecule is CC/C=C\C/C=C\C/C=C\CCCCCCCCCCOCC(COP(=O)(O)OCC(O)CO)OC(=O)CCCCCCCCCCCC. The van der Waals surface area contributed by atoms with Crippen LogP contribution in [0.15, 0.2) is 36.5 Å². The van der Waals surface area contributed by atoms with Gasteiger partial charge < -0.3 is 24.6 Å². The van der Waals surface area contributed by atoms with E-state index >= 15 is 0 Å². The van der Waals surface area contributed by atoms with Gasteiger partial charge in [0.25, 0.3) is 0 Å². The molecule has 288 valence electrons. The van der Waals surface area contributed by atoms with Crippen LogP contribution in [0.2, 0.25) is 0 Å². The standard InChI is InChI=1S/C39H73O9P/c1-3-5-7-9-11-13-15-16-17-18-19-20-21-22-24-26-28-30-32-45-35-38(36-47-49(43,44)46-34-37(41)33-40)48-39(42)31-29-27-25-23-14-12-10-8-6-4-2/h5,7,11,13,16-17,37-38,40-41H,3-4,6,8-10,12,14-15,18-36H2,1-2H3,(H,43,44)/b7-5-,13-11-,17-16-. The molecule has 3 N–H and O–H groups in total. The molecule has 0 bridgehead atoms. The third kappa shape index (κ3) is 36.3. The first-order chi connectivity index (χ1) is 23.8. The first-order valence-corrected chi connectivity index (χ1v) is 21.0. The highest BCUT2D eigenvalue weighted by atomic mass is 31.2. The van der Waals surface area contributed by atoms with Gasteiger partial charge in [-0.25, -0.2) is 4.57 Å². The molecule has 0 heterocycles. The summed E-state index contributed by atoms with van der Waals surface area (Å²) >= 11 is 0. The molecule has 0 aliphatic heterocycles. The summed E-state index contributed by atoms with van der Waals surface area (Å²) in [5.41, 5.74) is 0. The van der Waals surface area contributed by atoms with Crippen LogP contribution >= 0.6 is 7.82 Å². The molecule has 0 saturated heterocycles. The van der Waals surface area contributed by atoms with Crippen molar-refractivity contribution < 1.29 is 43.0 Å². The second-order valence-electron chi connectivity index (χ2n) is 12.9. The van der Waals surface area contributed by atoms with Crippen molar-refractivity contribution in [3.05, 3.63) is 36.5 Å². The Morgan fingerprint density at radius 2 is 1.16 bits per heavy atom. The van der Waals surface area contributed by atoms with E-state index in [0.717, 1.165) is 64.2 Å². The van der Waals surface area contributed by atoms with Gasteiger partial charge in [-0.3, -0.25) is 13.8 Å². The average molecular weight is 717 g/mol. The van der Waals surface area contributed by atoms with E-state index in [1.54, 1.807) is 0 Å². The minimum Gasteiger partial charge on any atom is -0.457 e. The Bertz CT molecular complexity index is 861. The van der Waals surface area contributed by atoms with Crippen LogP contribution in [0, 0.1) is 0 Å². The van der Waals surface area contributed by atoms with Gasteiger partial charge in [0.05, 0.1) is 26.4 Å². The van der Waals surface area contributed by atoms with E-state index in [1.807, 2.05) is 0 Å². The smallest absolute Gasteiger partial charge is 0.457 e. The average Bonchev–Trinajstić information content (AvgIpc) is 3.09. The van der Waals surface area contributed by atoms with Crippen LogP contribution in [-0.2, 0) is 27.9 Å². The minimum absolute atomic E-state index is 0.0457. The summed E-state index contributed by atoms with van der Waals surface area (Å²) in [5.74, 6) is -0.389. The van der Waals surface area contributed by atoms with Crippen molar-refractivity contribution in [3.63, 3.8) is 0 Å². The Morgan fingerprint density at radius 3 is 1.76 bits per heavy atom. The van der Waals surface area contributed by atoms with Gasteiger partial charge in [-0.15, -0.1) is 0 Å². The zero-order valence-corrected chi connectivity index (χ0v) is 32.1. The molecule has 0 fully saturated rings. The minimum atomic E-state index is -4.51. The summed E-state index contributed by atoms with van der Waals surface area (Å²) in [6.07, 6.45) is 36.8. The summed E-state index contributed by atoms with van der Waals surface area (Å²) in [6, 6.07) is 0. The van der Waals surface area contributed by atoms with Crippen molar-refractivity contribution in [3.8, 4) is 0 Å². The number of hydrogen-bond acceptors (Lipinski definition) is 8.